The number of para-hydroxylation sites is 2. The average Bonchev–Trinajstić information content (AvgIpc) is 3.20. The number of hydrogen-bond donors (Lipinski definition) is 3. The number of aromatic amines is 2. The molecule has 25 heavy (non-hydrogen) atoms. The summed E-state index contributed by atoms with van der Waals surface area (Å²) in [4.78, 5) is 19.7. The molecule has 1 amide bonds. The van der Waals surface area contributed by atoms with Crippen LogP contribution in [0.3, 0.4) is 0 Å². The number of anilines is 1. The third-order valence-electron chi connectivity index (χ3n) is 3.69. The zero-order valence-corrected chi connectivity index (χ0v) is 12.7. The lowest BCUT2D eigenvalue weighted by Gasteiger charge is -2.06. The van der Waals surface area contributed by atoms with Crippen molar-refractivity contribution >= 4 is 22.6 Å². The highest BCUT2D eigenvalue weighted by Crippen LogP contribution is 2.26. The second kappa shape index (κ2) is 5.82. The average molecular weight is 339 g/mol. The number of nitrogens with zero attached hydrogens (tertiary/aromatic N) is 2. The molecular formula is C17H11F2N5O. The predicted octanol–water partition coefficient (Wildman–Crippen LogP) is 3.48. The van der Waals surface area contributed by atoms with Gasteiger partial charge in [0.05, 0.1) is 16.7 Å². The third-order valence-corrected chi connectivity index (χ3v) is 3.69. The monoisotopic (exact) mass is 339 g/mol. The molecule has 8 heteroatoms. The Morgan fingerprint density at radius 3 is 2.56 bits per heavy atom. The Labute approximate surface area is 139 Å². The molecule has 0 aliphatic rings. The molecule has 4 aromatic rings. The van der Waals surface area contributed by atoms with Crippen LogP contribution in [0.15, 0.2) is 48.7 Å². The molecular weight excluding hydrogens is 328 g/mol. The molecule has 2 heterocycles. The van der Waals surface area contributed by atoms with Crippen LogP contribution in [0.1, 0.15) is 10.4 Å². The molecule has 4 rings (SSSR count). The molecule has 0 saturated carbocycles. The normalized spacial score (nSPS) is 11.0. The largest absolute Gasteiger partial charge is 0.337 e. The van der Waals surface area contributed by atoms with Crippen LogP contribution in [-0.2, 0) is 0 Å². The number of carbonyl (C=O) groups is 1. The van der Waals surface area contributed by atoms with Crippen LogP contribution >= 0.6 is 0 Å². The lowest BCUT2D eigenvalue weighted by molar-refractivity contribution is 0.101. The Kier molecular flexibility index (Phi) is 3.50. The minimum Gasteiger partial charge on any atom is -0.337 e. The van der Waals surface area contributed by atoms with Crippen LogP contribution in [0, 0.1) is 11.6 Å². The molecule has 0 spiro atoms. The third kappa shape index (κ3) is 2.63. The van der Waals surface area contributed by atoms with Crippen molar-refractivity contribution in [2.45, 2.75) is 0 Å². The molecule has 0 saturated heterocycles. The summed E-state index contributed by atoms with van der Waals surface area (Å²) in [5, 5.41) is 9.13. The second-order valence-corrected chi connectivity index (χ2v) is 5.30. The molecule has 0 aliphatic carbocycles. The molecule has 3 N–H and O–H groups in total. The maximum atomic E-state index is 13.7. The molecule has 0 radical (unpaired) electrons. The number of hydrogen-bond acceptors (Lipinski definition) is 3. The lowest BCUT2D eigenvalue weighted by Crippen LogP contribution is -2.16. The topological polar surface area (TPSA) is 86.5 Å². The first-order chi connectivity index (χ1) is 12.1. The van der Waals surface area contributed by atoms with E-state index in [1.807, 2.05) is 24.3 Å². The molecule has 6 nitrogen and oxygen atoms in total. The zero-order valence-electron chi connectivity index (χ0n) is 12.7. The van der Waals surface area contributed by atoms with Crippen molar-refractivity contribution in [3.8, 4) is 11.5 Å². The first-order valence-electron chi connectivity index (χ1n) is 7.38. The first-order valence-corrected chi connectivity index (χ1v) is 7.38. The predicted molar refractivity (Wildman–Crippen MR) is 88.0 cm³/mol. The van der Waals surface area contributed by atoms with Gasteiger partial charge in [-0.2, -0.15) is 5.10 Å². The van der Waals surface area contributed by atoms with E-state index >= 15 is 0 Å². The van der Waals surface area contributed by atoms with E-state index < -0.39 is 23.1 Å². The summed E-state index contributed by atoms with van der Waals surface area (Å²) < 4.78 is 27.5. The summed E-state index contributed by atoms with van der Waals surface area (Å²) in [6.07, 6.45) is 1.42. The number of fused-ring (bicyclic) bond motifs is 1. The summed E-state index contributed by atoms with van der Waals surface area (Å²) >= 11 is 0. The highest BCUT2D eigenvalue weighted by Gasteiger charge is 2.20. The second-order valence-electron chi connectivity index (χ2n) is 5.30. The molecule has 2 aromatic carbocycles. The van der Waals surface area contributed by atoms with E-state index in [0.29, 0.717) is 11.5 Å². The molecule has 2 aromatic heterocycles. The number of imidazole rings is 1. The minimum absolute atomic E-state index is 0.256. The number of H-pyrrole nitrogens is 2. The van der Waals surface area contributed by atoms with Gasteiger partial charge in [-0.05, 0) is 24.3 Å². The first kappa shape index (κ1) is 15.0. The van der Waals surface area contributed by atoms with Crippen molar-refractivity contribution in [2.75, 3.05) is 5.32 Å². The van der Waals surface area contributed by atoms with E-state index in [4.69, 9.17) is 0 Å². The fraction of sp³-hybridized carbons (Fsp3) is 0. The van der Waals surface area contributed by atoms with Gasteiger partial charge in [-0.15, -0.1) is 0 Å². The fourth-order valence-corrected chi connectivity index (χ4v) is 2.53. The number of halogens is 2. The van der Waals surface area contributed by atoms with Gasteiger partial charge in [0.1, 0.15) is 17.2 Å². The Morgan fingerprint density at radius 1 is 1.04 bits per heavy atom. The van der Waals surface area contributed by atoms with Crippen LogP contribution in [0.2, 0.25) is 0 Å². The van der Waals surface area contributed by atoms with Crippen LogP contribution in [0.4, 0.5) is 14.5 Å². The number of carbonyl (C=O) groups excluding carboxylic acids is 1. The molecule has 0 unspecified atom stereocenters. The van der Waals surface area contributed by atoms with Crippen LogP contribution in [0.25, 0.3) is 22.6 Å². The van der Waals surface area contributed by atoms with E-state index in [1.165, 1.54) is 12.3 Å². The molecule has 0 fully saturated rings. The number of amides is 1. The van der Waals surface area contributed by atoms with Gasteiger partial charge < -0.3 is 10.3 Å². The van der Waals surface area contributed by atoms with Crippen LogP contribution < -0.4 is 5.32 Å². The fourth-order valence-electron chi connectivity index (χ4n) is 2.53. The van der Waals surface area contributed by atoms with Gasteiger partial charge in [0, 0.05) is 6.20 Å². The van der Waals surface area contributed by atoms with Crippen molar-refractivity contribution in [2.24, 2.45) is 0 Å². The van der Waals surface area contributed by atoms with Gasteiger partial charge in [0.2, 0.25) is 0 Å². The van der Waals surface area contributed by atoms with Gasteiger partial charge in [-0.3, -0.25) is 9.89 Å². The minimum atomic E-state index is -0.939. The van der Waals surface area contributed by atoms with Crippen LogP contribution in [0.5, 0.6) is 0 Å². The van der Waals surface area contributed by atoms with Crippen molar-refractivity contribution in [1.29, 1.82) is 0 Å². The van der Waals surface area contributed by atoms with E-state index in [-0.39, 0.29) is 5.69 Å². The van der Waals surface area contributed by atoms with Crippen molar-refractivity contribution in [3.63, 3.8) is 0 Å². The SMILES string of the molecule is O=C(Nc1c[nH]nc1-c1nc2ccccc2[nH]1)c1c(F)cccc1F. The molecule has 124 valence electrons. The van der Waals surface area contributed by atoms with Crippen molar-refractivity contribution in [3.05, 3.63) is 65.9 Å². The van der Waals surface area contributed by atoms with Gasteiger partial charge in [0.25, 0.3) is 5.91 Å². The summed E-state index contributed by atoms with van der Waals surface area (Å²) in [5.41, 5.74) is 1.48. The summed E-state index contributed by atoms with van der Waals surface area (Å²) in [6, 6.07) is 10.6. The van der Waals surface area contributed by atoms with Gasteiger partial charge >= 0.3 is 0 Å². The van der Waals surface area contributed by atoms with Gasteiger partial charge in [-0.1, -0.05) is 18.2 Å². The van der Waals surface area contributed by atoms with Gasteiger partial charge in [-0.25, -0.2) is 13.8 Å². The van der Waals surface area contributed by atoms with Crippen LogP contribution in [-0.4, -0.2) is 26.1 Å². The van der Waals surface area contributed by atoms with E-state index in [9.17, 15) is 13.6 Å². The van der Waals surface area contributed by atoms with Gasteiger partial charge in [0.15, 0.2) is 11.5 Å². The van der Waals surface area contributed by atoms with E-state index in [0.717, 1.165) is 23.2 Å². The maximum Gasteiger partial charge on any atom is 0.261 e. The molecule has 0 aliphatic heterocycles. The van der Waals surface area contributed by atoms with Crippen molar-refractivity contribution in [1.82, 2.24) is 20.2 Å². The maximum absolute atomic E-state index is 13.7. The molecule has 0 atom stereocenters. The Bertz CT molecular complexity index is 1030. The highest BCUT2D eigenvalue weighted by molar-refractivity contribution is 6.06. The number of aromatic nitrogens is 4. The summed E-state index contributed by atoms with van der Waals surface area (Å²) in [5.74, 6) is -2.36. The Morgan fingerprint density at radius 2 is 1.80 bits per heavy atom. The Balaban J connectivity index is 1.69. The quantitative estimate of drug-likeness (QED) is 0.534. The Hall–Kier alpha value is -3.55. The molecule has 0 bridgehead atoms. The number of benzene rings is 2. The number of nitrogens with one attached hydrogen (secondary N) is 3. The van der Waals surface area contributed by atoms with Crippen molar-refractivity contribution < 1.29 is 13.6 Å². The smallest absolute Gasteiger partial charge is 0.261 e. The standard InChI is InChI=1S/C17H11F2N5O/c18-9-4-3-5-10(19)14(9)17(25)23-13-8-20-24-15(13)16-21-11-6-1-2-7-12(11)22-16/h1-8H,(H,20,24)(H,21,22)(H,23,25). The van der Waals surface area contributed by atoms with E-state index in [1.54, 1.807) is 0 Å². The summed E-state index contributed by atoms with van der Waals surface area (Å²) in [7, 11) is 0. The highest BCUT2D eigenvalue weighted by atomic mass is 19.1. The summed E-state index contributed by atoms with van der Waals surface area (Å²) in [6.45, 7) is 0. The van der Waals surface area contributed by atoms with E-state index in [2.05, 4.69) is 25.5 Å². The zero-order chi connectivity index (χ0) is 17.4. The lowest BCUT2D eigenvalue weighted by atomic mass is 10.2. The number of rotatable bonds is 3.